The number of benzene rings is 1. The minimum absolute atomic E-state index is 0.946. The van der Waals surface area contributed by atoms with Gasteiger partial charge in [0, 0.05) is 19.6 Å². The van der Waals surface area contributed by atoms with E-state index in [-0.39, 0.29) is 0 Å². The highest BCUT2D eigenvalue weighted by Crippen LogP contribution is 2.12. The number of oxime groups is 1. The molecule has 0 N–H and O–H groups in total. The zero-order valence-corrected chi connectivity index (χ0v) is 10.2. The molecule has 90 valence electrons. The molecule has 0 fully saturated rings. The van der Waals surface area contributed by atoms with Crippen LogP contribution >= 0.6 is 0 Å². The van der Waals surface area contributed by atoms with Gasteiger partial charge in [-0.3, -0.25) is 4.90 Å². The van der Waals surface area contributed by atoms with Gasteiger partial charge in [-0.25, -0.2) is 0 Å². The largest absolute Gasteiger partial charge is 0.399 e. The van der Waals surface area contributed by atoms with Gasteiger partial charge in [-0.05, 0) is 17.6 Å². The summed E-state index contributed by atoms with van der Waals surface area (Å²) in [7, 11) is 1.57. The summed E-state index contributed by atoms with van der Waals surface area (Å²) in [4.78, 5) is 7.13. The van der Waals surface area contributed by atoms with Crippen molar-refractivity contribution < 1.29 is 4.84 Å². The number of rotatable bonds is 4. The van der Waals surface area contributed by atoms with Crippen LogP contribution in [0.4, 0.5) is 0 Å². The quantitative estimate of drug-likeness (QED) is 0.586. The van der Waals surface area contributed by atoms with Crippen molar-refractivity contribution in [2.24, 2.45) is 5.16 Å². The smallest absolute Gasteiger partial charge is 0.106 e. The van der Waals surface area contributed by atoms with Crippen LogP contribution in [0, 0.1) is 0 Å². The first-order chi connectivity index (χ1) is 8.38. The molecule has 0 amide bonds. The Hall–Kier alpha value is -1.61. The molecule has 3 nitrogen and oxygen atoms in total. The molecule has 1 aliphatic heterocycles. The molecule has 3 heteroatoms. The van der Waals surface area contributed by atoms with Crippen LogP contribution in [-0.4, -0.2) is 31.3 Å². The summed E-state index contributed by atoms with van der Waals surface area (Å²) in [6, 6.07) is 10.6. The third kappa shape index (κ3) is 3.71. The molecular weight excluding hydrogens is 212 g/mol. The maximum absolute atomic E-state index is 4.71. The summed E-state index contributed by atoms with van der Waals surface area (Å²) in [6.07, 6.45) is 5.11. The minimum Gasteiger partial charge on any atom is -0.399 e. The topological polar surface area (TPSA) is 24.8 Å². The van der Waals surface area contributed by atoms with Gasteiger partial charge in [0.15, 0.2) is 0 Å². The van der Waals surface area contributed by atoms with Crippen molar-refractivity contribution in [3.63, 3.8) is 0 Å². The van der Waals surface area contributed by atoms with Gasteiger partial charge < -0.3 is 4.84 Å². The Balaban J connectivity index is 1.92. The maximum Gasteiger partial charge on any atom is 0.106 e. The second-order valence-electron chi connectivity index (χ2n) is 4.18. The van der Waals surface area contributed by atoms with E-state index in [0.29, 0.717) is 0 Å². The van der Waals surface area contributed by atoms with Crippen LogP contribution in [0.15, 0.2) is 47.1 Å². The van der Waals surface area contributed by atoms with Crippen LogP contribution in [0.3, 0.4) is 0 Å². The zero-order valence-electron chi connectivity index (χ0n) is 10.2. The van der Waals surface area contributed by atoms with Gasteiger partial charge in [0.05, 0.1) is 6.21 Å². The van der Waals surface area contributed by atoms with Gasteiger partial charge in [-0.2, -0.15) is 0 Å². The Morgan fingerprint density at radius 3 is 2.94 bits per heavy atom. The van der Waals surface area contributed by atoms with Crippen molar-refractivity contribution in [2.45, 2.75) is 13.0 Å². The van der Waals surface area contributed by atoms with Crippen molar-refractivity contribution in [3.05, 3.63) is 47.5 Å². The number of nitrogens with zero attached hydrogens (tertiary/aromatic N) is 2. The highest BCUT2D eigenvalue weighted by molar-refractivity contribution is 5.78. The molecule has 0 saturated carbocycles. The summed E-state index contributed by atoms with van der Waals surface area (Å²) < 4.78 is 0. The van der Waals surface area contributed by atoms with Crippen LogP contribution in [-0.2, 0) is 11.4 Å². The average molecular weight is 230 g/mol. The molecule has 0 spiro atoms. The van der Waals surface area contributed by atoms with E-state index in [4.69, 9.17) is 4.84 Å². The lowest BCUT2D eigenvalue weighted by Crippen LogP contribution is -2.29. The summed E-state index contributed by atoms with van der Waals surface area (Å²) in [5.41, 5.74) is 2.59. The molecule has 0 bridgehead atoms. The van der Waals surface area contributed by atoms with Gasteiger partial charge in [-0.15, -0.1) is 0 Å². The Kier molecular flexibility index (Phi) is 4.33. The van der Waals surface area contributed by atoms with Gasteiger partial charge in [0.2, 0.25) is 0 Å². The normalized spacial score (nSPS) is 17.1. The Bertz CT molecular complexity index is 398. The van der Waals surface area contributed by atoms with E-state index in [1.165, 1.54) is 11.1 Å². The first kappa shape index (κ1) is 11.9. The number of hydrogen-bond acceptors (Lipinski definition) is 3. The van der Waals surface area contributed by atoms with Crippen molar-refractivity contribution >= 4 is 6.21 Å². The lowest BCUT2D eigenvalue weighted by Gasteiger charge is -2.25. The first-order valence-corrected chi connectivity index (χ1v) is 5.90. The standard InChI is InChI=1S/C14H18N2O/c1-17-15-10-14-8-5-9-16(12-14)11-13-6-3-2-4-7-13/h2-4,6-8,10H,5,9,11-12H2,1H3/b15-10+. The predicted molar refractivity (Wildman–Crippen MR) is 69.9 cm³/mol. The summed E-state index contributed by atoms with van der Waals surface area (Å²) in [6.45, 7) is 3.06. The highest BCUT2D eigenvalue weighted by atomic mass is 16.6. The van der Waals surface area contributed by atoms with Gasteiger partial charge in [0.25, 0.3) is 0 Å². The van der Waals surface area contributed by atoms with Crippen LogP contribution in [0.5, 0.6) is 0 Å². The van der Waals surface area contributed by atoms with E-state index in [0.717, 1.165) is 26.1 Å². The molecule has 0 unspecified atom stereocenters. The molecule has 0 aliphatic carbocycles. The summed E-state index contributed by atoms with van der Waals surface area (Å²) in [5, 5.41) is 3.82. The predicted octanol–water partition coefficient (Wildman–Crippen LogP) is 2.45. The minimum atomic E-state index is 0.946. The summed E-state index contributed by atoms with van der Waals surface area (Å²) in [5.74, 6) is 0. The zero-order chi connectivity index (χ0) is 11.9. The fourth-order valence-electron chi connectivity index (χ4n) is 2.02. The fourth-order valence-corrected chi connectivity index (χ4v) is 2.02. The van der Waals surface area contributed by atoms with E-state index >= 15 is 0 Å². The van der Waals surface area contributed by atoms with Gasteiger partial charge >= 0.3 is 0 Å². The van der Waals surface area contributed by atoms with Crippen molar-refractivity contribution in [1.29, 1.82) is 0 Å². The Morgan fingerprint density at radius 2 is 2.18 bits per heavy atom. The van der Waals surface area contributed by atoms with E-state index in [9.17, 15) is 0 Å². The molecular formula is C14H18N2O. The average Bonchev–Trinajstić information content (AvgIpc) is 2.38. The van der Waals surface area contributed by atoms with E-state index in [1.54, 1.807) is 13.3 Å². The molecule has 0 saturated heterocycles. The highest BCUT2D eigenvalue weighted by Gasteiger charge is 2.11. The van der Waals surface area contributed by atoms with Crippen molar-refractivity contribution in [3.8, 4) is 0 Å². The molecule has 17 heavy (non-hydrogen) atoms. The van der Waals surface area contributed by atoms with Crippen molar-refractivity contribution in [1.82, 2.24) is 4.90 Å². The monoisotopic (exact) mass is 230 g/mol. The van der Waals surface area contributed by atoms with Crippen LogP contribution in [0.2, 0.25) is 0 Å². The van der Waals surface area contributed by atoms with Crippen LogP contribution < -0.4 is 0 Å². The molecule has 1 heterocycles. The van der Waals surface area contributed by atoms with E-state index < -0.39 is 0 Å². The van der Waals surface area contributed by atoms with Gasteiger partial charge in [0.1, 0.15) is 7.11 Å². The van der Waals surface area contributed by atoms with Crippen LogP contribution in [0.1, 0.15) is 12.0 Å². The molecule has 1 aromatic rings. The molecule has 2 rings (SSSR count). The Morgan fingerprint density at radius 1 is 1.35 bits per heavy atom. The molecule has 0 aromatic heterocycles. The van der Waals surface area contributed by atoms with Gasteiger partial charge in [-0.1, -0.05) is 41.6 Å². The third-order valence-electron chi connectivity index (χ3n) is 2.83. The maximum atomic E-state index is 4.71. The first-order valence-electron chi connectivity index (χ1n) is 5.90. The molecule has 0 radical (unpaired) electrons. The second kappa shape index (κ2) is 6.21. The summed E-state index contributed by atoms with van der Waals surface area (Å²) >= 11 is 0. The number of hydrogen-bond donors (Lipinski definition) is 0. The molecule has 1 aromatic carbocycles. The Labute approximate surface area is 102 Å². The SMILES string of the molecule is CO/N=C/C1=CCCN(Cc2ccccc2)C1. The fraction of sp³-hybridized carbons (Fsp3) is 0.357. The third-order valence-corrected chi connectivity index (χ3v) is 2.83. The lowest BCUT2D eigenvalue weighted by atomic mass is 10.1. The second-order valence-corrected chi connectivity index (χ2v) is 4.18. The van der Waals surface area contributed by atoms with Crippen LogP contribution in [0.25, 0.3) is 0 Å². The molecule has 0 atom stereocenters. The van der Waals surface area contributed by atoms with E-state index in [1.807, 2.05) is 0 Å². The van der Waals surface area contributed by atoms with Crippen molar-refractivity contribution in [2.75, 3.05) is 20.2 Å². The molecule has 1 aliphatic rings. The lowest BCUT2D eigenvalue weighted by molar-refractivity contribution is 0.214. The van der Waals surface area contributed by atoms with E-state index in [2.05, 4.69) is 46.5 Å².